The minimum absolute atomic E-state index is 0.251. The van der Waals surface area contributed by atoms with E-state index in [2.05, 4.69) is 15.5 Å². The fourth-order valence-electron chi connectivity index (χ4n) is 3.46. The molecule has 0 saturated heterocycles. The summed E-state index contributed by atoms with van der Waals surface area (Å²) in [5.74, 6) is 1.48. The van der Waals surface area contributed by atoms with Crippen molar-refractivity contribution in [3.05, 3.63) is 97.7 Å². The number of carbonyl (C=O) groups excluding carboxylic acids is 1. The lowest BCUT2D eigenvalue weighted by Gasteiger charge is -2.18. The third-order valence-electron chi connectivity index (χ3n) is 5.22. The van der Waals surface area contributed by atoms with E-state index in [1.807, 2.05) is 24.3 Å². The smallest absolute Gasteiger partial charge is 0.253 e. The van der Waals surface area contributed by atoms with Gasteiger partial charge in [-0.3, -0.25) is 9.36 Å². The number of methoxy groups -OCH3 is 1. The maximum Gasteiger partial charge on any atom is 0.253 e. The quantitative estimate of drug-likeness (QED) is 0.216. The highest BCUT2D eigenvalue weighted by molar-refractivity contribution is 7.98. The van der Waals surface area contributed by atoms with E-state index in [0.717, 1.165) is 11.3 Å². The van der Waals surface area contributed by atoms with Crippen molar-refractivity contribution < 1.29 is 9.53 Å². The highest BCUT2D eigenvalue weighted by Crippen LogP contribution is 2.33. The van der Waals surface area contributed by atoms with Crippen LogP contribution in [0.1, 0.15) is 34.7 Å². The fraction of sp³-hybridized carbons (Fsp3) is 0.160. The third-order valence-corrected chi connectivity index (χ3v) is 7.32. The lowest BCUT2D eigenvalue weighted by atomic mass is 10.2. The van der Waals surface area contributed by atoms with Crippen molar-refractivity contribution in [2.75, 3.05) is 7.11 Å². The van der Waals surface area contributed by atoms with E-state index < -0.39 is 6.04 Å². The monoisotopic (exact) mass is 580 g/mol. The fourth-order valence-corrected chi connectivity index (χ4v) is 5.22. The van der Waals surface area contributed by atoms with E-state index in [1.54, 1.807) is 48.9 Å². The number of hydrogen-bond acceptors (Lipinski definition) is 5. The molecule has 0 spiro atoms. The Morgan fingerprint density at radius 2 is 1.75 bits per heavy atom. The third kappa shape index (κ3) is 6.10. The van der Waals surface area contributed by atoms with Gasteiger partial charge >= 0.3 is 0 Å². The maximum atomic E-state index is 12.9. The summed E-state index contributed by atoms with van der Waals surface area (Å²) in [6.45, 7) is 1.80. The minimum atomic E-state index is -0.544. The van der Waals surface area contributed by atoms with Crippen LogP contribution in [0.4, 0.5) is 0 Å². The molecule has 1 heterocycles. The van der Waals surface area contributed by atoms with Crippen LogP contribution in [-0.4, -0.2) is 27.8 Å². The van der Waals surface area contributed by atoms with Crippen molar-refractivity contribution in [3.63, 3.8) is 0 Å². The van der Waals surface area contributed by atoms with Gasteiger partial charge in [0.05, 0.1) is 34.4 Å². The van der Waals surface area contributed by atoms with Gasteiger partial charge in [0.15, 0.2) is 11.0 Å². The first-order valence-corrected chi connectivity index (χ1v) is 13.2. The van der Waals surface area contributed by atoms with Crippen molar-refractivity contribution in [1.82, 2.24) is 20.1 Å². The number of thioether (sulfide) groups is 1. The molecule has 0 saturated carbocycles. The molecule has 0 fully saturated rings. The molecular weight excluding hydrogens is 562 g/mol. The molecule has 6 nitrogen and oxygen atoms in total. The predicted octanol–water partition coefficient (Wildman–Crippen LogP) is 7.67. The standard InChI is InChI=1S/C25H20Cl4N4O2S/c1-14(30-24(34)19-8-6-16(26)11-21(19)29)23-31-32-25(33(23)22-12-17(27)7-9-20(22)28)36-13-15-4-3-5-18(10-15)35-2/h3-12,14H,13H2,1-2H3,(H,30,34). The van der Waals surface area contributed by atoms with E-state index in [0.29, 0.717) is 43.1 Å². The highest BCUT2D eigenvalue weighted by Gasteiger charge is 2.24. The highest BCUT2D eigenvalue weighted by atomic mass is 35.5. The van der Waals surface area contributed by atoms with E-state index in [9.17, 15) is 4.79 Å². The van der Waals surface area contributed by atoms with Gasteiger partial charge in [-0.05, 0) is 61.0 Å². The zero-order valence-corrected chi connectivity index (χ0v) is 23.0. The molecule has 1 unspecified atom stereocenters. The van der Waals surface area contributed by atoms with Crippen LogP contribution in [0.2, 0.25) is 20.1 Å². The van der Waals surface area contributed by atoms with E-state index in [1.165, 1.54) is 17.8 Å². The van der Waals surface area contributed by atoms with Crippen LogP contribution in [0.5, 0.6) is 5.75 Å². The number of benzene rings is 3. The first kappa shape index (κ1) is 26.6. The maximum absolute atomic E-state index is 12.9. The van der Waals surface area contributed by atoms with Crippen LogP contribution >= 0.6 is 58.2 Å². The van der Waals surface area contributed by atoms with Crippen molar-refractivity contribution in [2.24, 2.45) is 0 Å². The summed E-state index contributed by atoms with van der Waals surface area (Å²) in [5, 5.41) is 14.0. The lowest BCUT2D eigenvalue weighted by Crippen LogP contribution is -2.29. The largest absolute Gasteiger partial charge is 0.497 e. The minimum Gasteiger partial charge on any atom is -0.497 e. The van der Waals surface area contributed by atoms with Gasteiger partial charge in [-0.1, -0.05) is 70.3 Å². The molecule has 4 rings (SSSR count). The normalized spacial score (nSPS) is 11.8. The summed E-state index contributed by atoms with van der Waals surface area (Å²) in [6.07, 6.45) is 0. The van der Waals surface area contributed by atoms with Crippen LogP contribution in [0.25, 0.3) is 5.69 Å². The van der Waals surface area contributed by atoms with E-state index >= 15 is 0 Å². The summed E-state index contributed by atoms with van der Waals surface area (Å²) < 4.78 is 7.12. The Kier molecular flexibility index (Phi) is 8.70. The molecule has 186 valence electrons. The Balaban J connectivity index is 1.67. The zero-order chi connectivity index (χ0) is 25.8. The number of hydrogen-bond donors (Lipinski definition) is 1. The van der Waals surface area contributed by atoms with E-state index in [-0.39, 0.29) is 10.9 Å². The van der Waals surface area contributed by atoms with E-state index in [4.69, 9.17) is 51.1 Å². The van der Waals surface area contributed by atoms with Gasteiger partial charge in [-0.15, -0.1) is 10.2 Å². The van der Waals surface area contributed by atoms with Gasteiger partial charge in [-0.25, -0.2) is 0 Å². The van der Waals surface area contributed by atoms with Gasteiger partial charge in [0.25, 0.3) is 5.91 Å². The molecule has 0 bridgehead atoms. The molecular formula is C25H20Cl4N4O2S. The summed E-state index contributed by atoms with van der Waals surface area (Å²) in [5.41, 5.74) is 1.95. The molecule has 11 heteroatoms. The average molecular weight is 582 g/mol. The number of halogens is 4. The van der Waals surface area contributed by atoms with Gasteiger partial charge < -0.3 is 10.1 Å². The SMILES string of the molecule is COc1cccc(CSc2nnc(C(C)NC(=O)c3ccc(Cl)cc3Cl)n2-c2cc(Cl)ccc2Cl)c1. The number of nitrogens with one attached hydrogen (secondary N) is 1. The van der Waals surface area contributed by atoms with Crippen LogP contribution in [0.3, 0.4) is 0 Å². The first-order chi connectivity index (χ1) is 17.3. The number of ether oxygens (including phenoxy) is 1. The van der Waals surface area contributed by atoms with Gasteiger partial charge in [-0.2, -0.15) is 0 Å². The molecule has 1 amide bonds. The molecule has 3 aromatic carbocycles. The summed E-state index contributed by atoms with van der Waals surface area (Å²) in [7, 11) is 1.63. The zero-order valence-electron chi connectivity index (χ0n) is 19.1. The van der Waals surface area contributed by atoms with Crippen molar-refractivity contribution in [1.29, 1.82) is 0 Å². The Hall–Kier alpha value is -2.42. The van der Waals surface area contributed by atoms with Gasteiger partial charge in [0.1, 0.15) is 5.75 Å². The molecule has 4 aromatic rings. The molecule has 36 heavy (non-hydrogen) atoms. The predicted molar refractivity (Wildman–Crippen MR) is 146 cm³/mol. The lowest BCUT2D eigenvalue weighted by molar-refractivity contribution is 0.0938. The molecule has 1 atom stereocenters. The van der Waals surface area contributed by atoms with Crippen molar-refractivity contribution in [2.45, 2.75) is 23.9 Å². The topological polar surface area (TPSA) is 69.0 Å². The number of carbonyl (C=O) groups is 1. The average Bonchev–Trinajstić information content (AvgIpc) is 3.28. The van der Waals surface area contributed by atoms with Crippen LogP contribution in [0, 0.1) is 0 Å². The summed E-state index contributed by atoms with van der Waals surface area (Å²) in [6, 6.07) is 17.1. The Labute approximate surface area is 232 Å². The first-order valence-electron chi connectivity index (χ1n) is 10.7. The second-order valence-corrected chi connectivity index (χ2v) is 10.4. The molecule has 0 aliphatic carbocycles. The Morgan fingerprint density at radius 3 is 2.50 bits per heavy atom. The number of rotatable bonds is 8. The number of aromatic nitrogens is 3. The van der Waals surface area contributed by atoms with Gasteiger partial charge in [0.2, 0.25) is 0 Å². The van der Waals surface area contributed by atoms with Crippen LogP contribution in [0.15, 0.2) is 65.8 Å². The van der Waals surface area contributed by atoms with Crippen molar-refractivity contribution >= 4 is 64.1 Å². The summed E-state index contributed by atoms with van der Waals surface area (Å²) in [4.78, 5) is 12.9. The molecule has 1 aromatic heterocycles. The number of nitrogens with zero attached hydrogens (tertiary/aromatic N) is 3. The molecule has 0 aliphatic rings. The van der Waals surface area contributed by atoms with Gasteiger partial charge in [0, 0.05) is 15.8 Å². The Morgan fingerprint density at radius 1 is 1.00 bits per heavy atom. The van der Waals surface area contributed by atoms with Crippen LogP contribution in [-0.2, 0) is 5.75 Å². The summed E-state index contributed by atoms with van der Waals surface area (Å²) >= 11 is 26.5. The second-order valence-electron chi connectivity index (χ2n) is 7.73. The van der Waals surface area contributed by atoms with Crippen LogP contribution < -0.4 is 10.1 Å². The van der Waals surface area contributed by atoms with Crippen molar-refractivity contribution in [3.8, 4) is 11.4 Å². The Bertz CT molecular complexity index is 1410. The second kappa shape index (κ2) is 11.8. The number of amides is 1. The molecule has 1 N–H and O–H groups in total. The molecule has 0 aliphatic heterocycles. The molecule has 0 radical (unpaired) electrons.